The molecule has 1 unspecified atom stereocenters. The van der Waals surface area contributed by atoms with Gasteiger partial charge in [0.05, 0.1) is 11.8 Å². The van der Waals surface area contributed by atoms with Crippen molar-refractivity contribution in [3.05, 3.63) is 95.6 Å². The highest BCUT2D eigenvalue weighted by Gasteiger charge is 2.38. The molecule has 38 heavy (non-hydrogen) atoms. The maximum Gasteiger partial charge on any atom is 0.490 e. The number of carbonyl (C=O) groups is 2. The van der Waals surface area contributed by atoms with Crippen molar-refractivity contribution in [2.45, 2.75) is 25.4 Å². The number of nitrogens with one attached hydrogen (secondary N) is 1. The molecule has 1 amide bonds. The molecule has 1 atom stereocenters. The van der Waals surface area contributed by atoms with Crippen molar-refractivity contribution in [1.29, 1.82) is 0 Å². The number of anilines is 1. The third-order valence-electron chi connectivity index (χ3n) is 5.21. The van der Waals surface area contributed by atoms with Crippen LogP contribution in [-0.2, 0) is 22.7 Å². The third kappa shape index (κ3) is 10.6. The van der Waals surface area contributed by atoms with Gasteiger partial charge in [-0.1, -0.05) is 66.7 Å². The summed E-state index contributed by atoms with van der Waals surface area (Å²) in [5.41, 5.74) is 9.19. The van der Waals surface area contributed by atoms with Gasteiger partial charge in [0.2, 0.25) is 6.41 Å². The number of carboxylic acids is 1. The second-order valence-corrected chi connectivity index (χ2v) is 8.12. The summed E-state index contributed by atoms with van der Waals surface area (Å²) in [5, 5.41) is 20.6. The molecule has 0 aliphatic rings. The van der Waals surface area contributed by atoms with Gasteiger partial charge >= 0.3 is 12.1 Å². The molecule has 0 saturated heterocycles. The topological polar surface area (TPSA) is 125 Å². The maximum atomic E-state index is 11.1. The summed E-state index contributed by atoms with van der Waals surface area (Å²) in [4.78, 5) is 22.1. The third-order valence-corrected chi connectivity index (χ3v) is 5.21. The van der Waals surface area contributed by atoms with Gasteiger partial charge in [-0.3, -0.25) is 9.69 Å². The molecule has 3 rings (SSSR count). The van der Waals surface area contributed by atoms with Gasteiger partial charge in [-0.2, -0.15) is 13.2 Å². The number of carboxylic acid groups (broad SMARTS) is 1. The minimum absolute atomic E-state index is 0.387. The number of carbonyl (C=O) groups excluding carboxylic acids is 1. The van der Waals surface area contributed by atoms with Crippen molar-refractivity contribution < 1.29 is 37.7 Å². The molecular weight excluding hydrogens is 503 g/mol. The van der Waals surface area contributed by atoms with E-state index in [0.29, 0.717) is 56.2 Å². The molecular formula is C27H30F3N3O5. The number of amides is 1. The first kappa shape index (κ1) is 30.3. The predicted molar refractivity (Wildman–Crippen MR) is 136 cm³/mol. The van der Waals surface area contributed by atoms with Crippen molar-refractivity contribution in [3.8, 4) is 5.75 Å². The molecule has 0 aliphatic carbocycles. The Bertz CT molecular complexity index is 1130. The zero-order chi connectivity index (χ0) is 28.0. The molecule has 204 valence electrons. The first-order valence-electron chi connectivity index (χ1n) is 11.6. The number of alkyl halides is 3. The highest BCUT2D eigenvalue weighted by Crippen LogP contribution is 2.29. The number of aliphatic carboxylic acids is 1. The molecule has 0 radical (unpaired) electrons. The van der Waals surface area contributed by atoms with Gasteiger partial charge in [-0.05, 0) is 28.8 Å². The predicted octanol–water partition coefficient (Wildman–Crippen LogP) is 3.96. The van der Waals surface area contributed by atoms with Gasteiger partial charge in [0.15, 0.2) is 0 Å². The summed E-state index contributed by atoms with van der Waals surface area (Å²) in [6.45, 7) is 2.69. The number of aliphatic hydroxyl groups is 1. The molecule has 5 N–H and O–H groups in total. The van der Waals surface area contributed by atoms with Crippen LogP contribution in [-0.4, -0.2) is 53.3 Å². The SMILES string of the molecule is NCCN(Cc1ccccc1)CC(O)c1ccc(OCc2ccccc2)c(NC=O)c1.O=C(O)C(F)(F)F. The van der Waals surface area contributed by atoms with Crippen LogP contribution in [0.3, 0.4) is 0 Å². The van der Waals surface area contributed by atoms with Crippen LogP contribution in [0.25, 0.3) is 0 Å². The fraction of sp³-hybridized carbons (Fsp3) is 0.259. The van der Waals surface area contributed by atoms with Crippen LogP contribution in [0, 0.1) is 0 Å². The van der Waals surface area contributed by atoms with Crippen LogP contribution >= 0.6 is 0 Å². The van der Waals surface area contributed by atoms with E-state index < -0.39 is 18.2 Å². The highest BCUT2D eigenvalue weighted by atomic mass is 19.4. The van der Waals surface area contributed by atoms with E-state index in [1.807, 2.05) is 54.6 Å². The average molecular weight is 534 g/mol. The Hall–Kier alpha value is -3.93. The average Bonchev–Trinajstić information content (AvgIpc) is 2.89. The van der Waals surface area contributed by atoms with E-state index in [4.69, 9.17) is 20.4 Å². The van der Waals surface area contributed by atoms with Crippen LogP contribution in [0.15, 0.2) is 78.9 Å². The standard InChI is InChI=1S/C25H29N3O3.C2HF3O2/c26-13-14-28(16-20-7-3-1-4-8-20)17-24(30)22-11-12-25(23(15-22)27-19-29)31-18-21-9-5-2-6-10-21;3-2(4,5)1(6)7/h1-12,15,19,24,30H,13-14,16-18,26H2,(H,27,29);(H,6,7). The summed E-state index contributed by atoms with van der Waals surface area (Å²) in [6.07, 6.45) is -5.21. The molecule has 8 nitrogen and oxygen atoms in total. The number of nitrogens with two attached hydrogens (primary N) is 1. The summed E-state index contributed by atoms with van der Waals surface area (Å²) in [5.74, 6) is -2.21. The van der Waals surface area contributed by atoms with Crippen molar-refractivity contribution in [2.75, 3.05) is 25.0 Å². The van der Waals surface area contributed by atoms with E-state index in [1.165, 1.54) is 0 Å². The molecule has 0 bridgehead atoms. The Balaban J connectivity index is 0.000000638. The number of halogens is 3. The molecule has 3 aromatic rings. The maximum absolute atomic E-state index is 11.1. The molecule has 0 heterocycles. The van der Waals surface area contributed by atoms with Gasteiger partial charge in [0, 0.05) is 26.2 Å². The monoisotopic (exact) mass is 533 g/mol. The van der Waals surface area contributed by atoms with Crippen molar-refractivity contribution >= 4 is 18.1 Å². The molecule has 11 heteroatoms. The van der Waals surface area contributed by atoms with E-state index in [0.717, 1.165) is 11.1 Å². The zero-order valence-corrected chi connectivity index (χ0v) is 20.5. The molecule has 0 aromatic heterocycles. The first-order valence-corrected chi connectivity index (χ1v) is 11.6. The van der Waals surface area contributed by atoms with Gasteiger partial charge in [0.25, 0.3) is 0 Å². The second kappa shape index (κ2) is 15.4. The van der Waals surface area contributed by atoms with Crippen LogP contribution in [0.5, 0.6) is 5.75 Å². The van der Waals surface area contributed by atoms with Crippen LogP contribution < -0.4 is 15.8 Å². The van der Waals surface area contributed by atoms with E-state index in [2.05, 4.69) is 22.3 Å². The molecule has 0 saturated carbocycles. The number of ether oxygens (including phenoxy) is 1. The number of hydrogen-bond donors (Lipinski definition) is 4. The number of aliphatic hydroxyl groups excluding tert-OH is 1. The Morgan fingerprint density at radius 1 is 1.03 bits per heavy atom. The van der Waals surface area contributed by atoms with E-state index in [-0.39, 0.29) is 0 Å². The van der Waals surface area contributed by atoms with E-state index in [9.17, 15) is 23.1 Å². The van der Waals surface area contributed by atoms with Gasteiger partial charge in [-0.25, -0.2) is 4.79 Å². The van der Waals surface area contributed by atoms with Crippen LogP contribution in [0.2, 0.25) is 0 Å². The number of nitrogens with zero attached hydrogens (tertiary/aromatic N) is 1. The molecule has 0 aliphatic heterocycles. The Morgan fingerprint density at radius 2 is 1.61 bits per heavy atom. The number of hydrogen-bond acceptors (Lipinski definition) is 6. The fourth-order valence-electron chi connectivity index (χ4n) is 3.40. The fourth-order valence-corrected chi connectivity index (χ4v) is 3.40. The van der Waals surface area contributed by atoms with E-state index >= 15 is 0 Å². The lowest BCUT2D eigenvalue weighted by Crippen LogP contribution is -2.33. The Kier molecular flexibility index (Phi) is 12.2. The zero-order valence-electron chi connectivity index (χ0n) is 20.5. The van der Waals surface area contributed by atoms with Gasteiger partial charge in [0.1, 0.15) is 12.4 Å². The number of rotatable bonds is 12. The quantitative estimate of drug-likeness (QED) is 0.260. The summed E-state index contributed by atoms with van der Waals surface area (Å²) in [7, 11) is 0. The normalized spacial score (nSPS) is 11.7. The minimum atomic E-state index is -5.08. The smallest absolute Gasteiger partial charge is 0.487 e. The Labute approximate surface area is 218 Å². The lowest BCUT2D eigenvalue weighted by molar-refractivity contribution is -0.192. The summed E-state index contributed by atoms with van der Waals surface area (Å²) in [6, 6.07) is 25.2. The largest absolute Gasteiger partial charge is 0.490 e. The van der Waals surface area contributed by atoms with Crippen LogP contribution in [0.4, 0.5) is 18.9 Å². The van der Waals surface area contributed by atoms with E-state index in [1.54, 1.807) is 12.1 Å². The number of benzene rings is 3. The first-order chi connectivity index (χ1) is 18.1. The van der Waals surface area contributed by atoms with Gasteiger partial charge < -0.3 is 26.0 Å². The minimum Gasteiger partial charge on any atom is -0.487 e. The lowest BCUT2D eigenvalue weighted by Gasteiger charge is -2.25. The van der Waals surface area contributed by atoms with Crippen LogP contribution in [0.1, 0.15) is 22.8 Å². The van der Waals surface area contributed by atoms with Crippen molar-refractivity contribution in [2.24, 2.45) is 5.73 Å². The molecule has 0 fully saturated rings. The summed E-state index contributed by atoms with van der Waals surface area (Å²) < 4.78 is 37.6. The second-order valence-electron chi connectivity index (χ2n) is 8.12. The summed E-state index contributed by atoms with van der Waals surface area (Å²) >= 11 is 0. The highest BCUT2D eigenvalue weighted by molar-refractivity contribution is 5.76. The molecule has 3 aromatic carbocycles. The van der Waals surface area contributed by atoms with Crippen molar-refractivity contribution in [3.63, 3.8) is 0 Å². The lowest BCUT2D eigenvalue weighted by atomic mass is 10.1. The molecule has 0 spiro atoms. The van der Waals surface area contributed by atoms with Crippen molar-refractivity contribution in [1.82, 2.24) is 4.90 Å². The van der Waals surface area contributed by atoms with Gasteiger partial charge in [-0.15, -0.1) is 0 Å². The Morgan fingerprint density at radius 3 is 2.13 bits per heavy atom.